The van der Waals surface area contributed by atoms with Crippen LogP contribution in [0.4, 0.5) is 17.2 Å². The normalized spacial score (nSPS) is 12.2. The summed E-state index contributed by atoms with van der Waals surface area (Å²) in [5.74, 6) is 2.28. The van der Waals surface area contributed by atoms with Crippen LogP contribution < -0.4 is 24.8 Å². The smallest absolute Gasteiger partial charge is 0.255 e. The number of anilines is 3. The van der Waals surface area contributed by atoms with E-state index in [1.165, 1.54) is 0 Å². The van der Waals surface area contributed by atoms with Crippen molar-refractivity contribution in [2.24, 2.45) is 0 Å². The van der Waals surface area contributed by atoms with E-state index in [9.17, 15) is 4.79 Å². The Balaban J connectivity index is 1.50. The van der Waals surface area contributed by atoms with E-state index in [1.807, 2.05) is 24.3 Å². The van der Waals surface area contributed by atoms with E-state index in [-0.39, 0.29) is 5.91 Å². The molecule has 2 aromatic carbocycles. The third-order valence-corrected chi connectivity index (χ3v) is 4.19. The first-order valence-corrected chi connectivity index (χ1v) is 8.80. The molecule has 0 radical (unpaired) electrons. The number of ether oxygens (including phenoxy) is 3. The number of methoxy groups -OCH3 is 1. The van der Waals surface area contributed by atoms with E-state index in [0.717, 1.165) is 5.69 Å². The second-order valence-corrected chi connectivity index (χ2v) is 6.07. The van der Waals surface area contributed by atoms with Crippen molar-refractivity contribution in [3.05, 3.63) is 66.4 Å². The minimum Gasteiger partial charge on any atom is -0.495 e. The molecule has 2 heterocycles. The van der Waals surface area contributed by atoms with Crippen LogP contribution in [0.3, 0.4) is 0 Å². The fraction of sp³-hybridized carbons (Fsp3) is 0.143. The number of aromatic nitrogens is 1. The number of fused-ring (bicyclic) bond motifs is 1. The van der Waals surface area contributed by atoms with Gasteiger partial charge in [-0.1, -0.05) is 12.1 Å². The van der Waals surface area contributed by atoms with Crippen LogP contribution in [0, 0.1) is 0 Å². The van der Waals surface area contributed by atoms with E-state index in [4.69, 9.17) is 14.2 Å². The van der Waals surface area contributed by atoms with Crippen molar-refractivity contribution >= 4 is 23.1 Å². The molecular weight excluding hydrogens is 358 g/mol. The van der Waals surface area contributed by atoms with Crippen molar-refractivity contribution in [1.29, 1.82) is 0 Å². The Morgan fingerprint density at radius 3 is 2.71 bits per heavy atom. The minimum absolute atomic E-state index is 0.248. The highest BCUT2D eigenvalue weighted by atomic mass is 16.6. The molecule has 0 aliphatic carbocycles. The zero-order chi connectivity index (χ0) is 19.3. The molecule has 0 fully saturated rings. The van der Waals surface area contributed by atoms with Gasteiger partial charge in [0.05, 0.1) is 12.8 Å². The van der Waals surface area contributed by atoms with Crippen LogP contribution >= 0.6 is 0 Å². The third kappa shape index (κ3) is 3.83. The van der Waals surface area contributed by atoms with E-state index < -0.39 is 0 Å². The molecule has 0 saturated carbocycles. The van der Waals surface area contributed by atoms with Gasteiger partial charge in [0.15, 0.2) is 11.5 Å². The summed E-state index contributed by atoms with van der Waals surface area (Å²) < 4.78 is 16.4. The maximum absolute atomic E-state index is 12.6. The van der Waals surface area contributed by atoms with Gasteiger partial charge in [0.1, 0.15) is 24.8 Å². The highest BCUT2D eigenvalue weighted by Crippen LogP contribution is 2.33. The zero-order valence-corrected chi connectivity index (χ0v) is 15.3. The van der Waals surface area contributed by atoms with Gasteiger partial charge < -0.3 is 24.8 Å². The summed E-state index contributed by atoms with van der Waals surface area (Å²) in [6, 6.07) is 16.1. The summed E-state index contributed by atoms with van der Waals surface area (Å²) in [4.78, 5) is 16.9. The van der Waals surface area contributed by atoms with E-state index in [1.54, 1.807) is 43.6 Å². The monoisotopic (exact) mass is 377 g/mol. The van der Waals surface area contributed by atoms with Crippen LogP contribution in [-0.2, 0) is 0 Å². The fourth-order valence-corrected chi connectivity index (χ4v) is 2.85. The van der Waals surface area contributed by atoms with Crippen LogP contribution in [0.1, 0.15) is 10.4 Å². The summed E-state index contributed by atoms with van der Waals surface area (Å²) in [7, 11) is 1.60. The van der Waals surface area contributed by atoms with E-state index in [2.05, 4.69) is 15.6 Å². The molecular formula is C21H19N3O4. The SMILES string of the molecule is COc1ccccc1Nc1cc(C(=O)Nc2ccc3c(c2)OCCO3)ccn1. The first kappa shape index (κ1) is 17.7. The molecule has 1 amide bonds. The molecule has 0 saturated heterocycles. The number of rotatable bonds is 5. The van der Waals surface area contributed by atoms with Crippen molar-refractivity contribution in [2.75, 3.05) is 31.0 Å². The number of carbonyl (C=O) groups is 1. The van der Waals surface area contributed by atoms with Crippen LogP contribution in [0.2, 0.25) is 0 Å². The molecule has 2 N–H and O–H groups in total. The molecule has 1 aliphatic rings. The molecule has 28 heavy (non-hydrogen) atoms. The maximum Gasteiger partial charge on any atom is 0.255 e. The van der Waals surface area contributed by atoms with Crippen molar-refractivity contribution in [3.8, 4) is 17.2 Å². The van der Waals surface area contributed by atoms with Gasteiger partial charge in [-0.15, -0.1) is 0 Å². The largest absolute Gasteiger partial charge is 0.495 e. The number of hydrogen-bond donors (Lipinski definition) is 2. The van der Waals surface area contributed by atoms with Crippen LogP contribution in [-0.4, -0.2) is 31.2 Å². The van der Waals surface area contributed by atoms with Gasteiger partial charge in [-0.3, -0.25) is 4.79 Å². The van der Waals surface area contributed by atoms with Gasteiger partial charge in [0, 0.05) is 23.5 Å². The molecule has 0 spiro atoms. The molecule has 1 aliphatic heterocycles. The zero-order valence-electron chi connectivity index (χ0n) is 15.3. The quantitative estimate of drug-likeness (QED) is 0.703. The predicted octanol–water partition coefficient (Wildman–Crippen LogP) is 3.86. The Bertz CT molecular complexity index is 1010. The lowest BCUT2D eigenvalue weighted by Gasteiger charge is -2.19. The molecule has 0 atom stereocenters. The Morgan fingerprint density at radius 2 is 1.86 bits per heavy atom. The molecule has 7 heteroatoms. The molecule has 142 valence electrons. The molecule has 0 unspecified atom stereocenters. The Hall–Kier alpha value is -3.74. The van der Waals surface area contributed by atoms with Crippen molar-refractivity contribution in [2.45, 2.75) is 0 Å². The summed E-state index contributed by atoms with van der Waals surface area (Å²) in [5, 5.41) is 6.04. The number of amides is 1. The van der Waals surface area contributed by atoms with Crippen LogP contribution in [0.25, 0.3) is 0 Å². The molecule has 1 aromatic heterocycles. The predicted molar refractivity (Wildman–Crippen MR) is 106 cm³/mol. The summed E-state index contributed by atoms with van der Waals surface area (Å²) in [5.41, 5.74) is 1.87. The van der Waals surface area contributed by atoms with Gasteiger partial charge in [-0.25, -0.2) is 4.98 Å². The second-order valence-electron chi connectivity index (χ2n) is 6.07. The van der Waals surface area contributed by atoms with E-state index >= 15 is 0 Å². The number of benzene rings is 2. The number of pyridine rings is 1. The first-order valence-electron chi connectivity index (χ1n) is 8.80. The minimum atomic E-state index is -0.248. The summed E-state index contributed by atoms with van der Waals surface area (Å²) in [6.45, 7) is 1.02. The lowest BCUT2D eigenvalue weighted by atomic mass is 10.2. The third-order valence-electron chi connectivity index (χ3n) is 4.19. The average Bonchev–Trinajstić information content (AvgIpc) is 2.74. The average molecular weight is 377 g/mol. The lowest BCUT2D eigenvalue weighted by molar-refractivity contribution is 0.102. The molecule has 4 rings (SSSR count). The van der Waals surface area contributed by atoms with Gasteiger partial charge >= 0.3 is 0 Å². The highest BCUT2D eigenvalue weighted by molar-refractivity contribution is 6.04. The standard InChI is InChI=1S/C21H19N3O4/c1-26-17-5-3-2-4-16(17)24-20-12-14(8-9-22-20)21(25)23-15-6-7-18-19(13-15)28-11-10-27-18/h2-9,12-13H,10-11H2,1H3,(H,22,24)(H,23,25). The van der Waals surface area contributed by atoms with Crippen molar-refractivity contribution in [1.82, 2.24) is 4.98 Å². The number of para-hydroxylation sites is 2. The second kappa shape index (κ2) is 7.87. The van der Waals surface area contributed by atoms with Gasteiger partial charge in [0.2, 0.25) is 0 Å². The van der Waals surface area contributed by atoms with Crippen molar-refractivity contribution in [3.63, 3.8) is 0 Å². The first-order chi connectivity index (χ1) is 13.7. The lowest BCUT2D eigenvalue weighted by Crippen LogP contribution is -2.16. The summed E-state index contributed by atoms with van der Waals surface area (Å²) in [6.07, 6.45) is 1.58. The van der Waals surface area contributed by atoms with Gasteiger partial charge in [0.25, 0.3) is 5.91 Å². The van der Waals surface area contributed by atoms with Crippen LogP contribution in [0.5, 0.6) is 17.2 Å². The molecule has 3 aromatic rings. The Kier molecular flexibility index (Phi) is 4.97. The Labute approximate surface area is 162 Å². The van der Waals surface area contributed by atoms with E-state index in [0.29, 0.717) is 47.5 Å². The highest BCUT2D eigenvalue weighted by Gasteiger charge is 2.14. The Morgan fingerprint density at radius 1 is 1.04 bits per heavy atom. The van der Waals surface area contributed by atoms with Gasteiger partial charge in [-0.2, -0.15) is 0 Å². The number of nitrogens with zero attached hydrogens (tertiary/aromatic N) is 1. The number of nitrogens with one attached hydrogen (secondary N) is 2. The van der Waals surface area contributed by atoms with Crippen LogP contribution in [0.15, 0.2) is 60.8 Å². The van der Waals surface area contributed by atoms with Gasteiger partial charge in [-0.05, 0) is 36.4 Å². The molecule has 7 nitrogen and oxygen atoms in total. The van der Waals surface area contributed by atoms with Crippen molar-refractivity contribution < 1.29 is 19.0 Å². The fourth-order valence-electron chi connectivity index (χ4n) is 2.85. The topological polar surface area (TPSA) is 81.7 Å². The number of carbonyl (C=O) groups excluding carboxylic acids is 1. The molecule has 0 bridgehead atoms. The maximum atomic E-state index is 12.6. The summed E-state index contributed by atoms with van der Waals surface area (Å²) >= 11 is 0. The number of hydrogen-bond acceptors (Lipinski definition) is 6.